The summed E-state index contributed by atoms with van der Waals surface area (Å²) in [5.74, 6) is 4.87. The summed E-state index contributed by atoms with van der Waals surface area (Å²) in [5, 5.41) is 10.3. The highest BCUT2D eigenvalue weighted by atomic mass is 16.3. The van der Waals surface area contributed by atoms with Gasteiger partial charge in [0.2, 0.25) is 0 Å². The van der Waals surface area contributed by atoms with Gasteiger partial charge in [-0.05, 0) is 97.4 Å². The largest absolute Gasteiger partial charge is 0.389 e. The van der Waals surface area contributed by atoms with E-state index >= 15 is 0 Å². The number of hydrogen-bond donors (Lipinski definition) is 1. The highest BCUT2D eigenvalue weighted by Gasteiger charge is 2.64. The molecular weight excluding hydrogens is 364 g/mol. The minimum Gasteiger partial charge on any atom is -0.389 e. The molecule has 0 amide bonds. The quantitative estimate of drug-likeness (QED) is 0.447. The van der Waals surface area contributed by atoms with Crippen molar-refractivity contribution in [1.82, 2.24) is 0 Å². The van der Waals surface area contributed by atoms with Crippen molar-refractivity contribution in [2.45, 2.75) is 92.6 Å². The van der Waals surface area contributed by atoms with Crippen LogP contribution >= 0.6 is 0 Å². The Labute approximate surface area is 186 Å². The number of rotatable bonds is 6. The first kappa shape index (κ1) is 22.4. The lowest BCUT2D eigenvalue weighted by atomic mass is 9.60. The van der Waals surface area contributed by atoms with Gasteiger partial charge < -0.3 is 5.11 Å². The average molecular weight is 411 g/mol. The molecule has 1 N–H and O–H groups in total. The van der Waals surface area contributed by atoms with Crippen LogP contribution in [-0.2, 0) is 0 Å². The van der Waals surface area contributed by atoms with Gasteiger partial charge in [-0.3, -0.25) is 0 Å². The van der Waals surface area contributed by atoms with Gasteiger partial charge in [0, 0.05) is 5.41 Å². The Morgan fingerprint density at radius 2 is 1.83 bits per heavy atom. The summed E-state index contributed by atoms with van der Waals surface area (Å²) >= 11 is 0. The fourth-order valence-electron chi connectivity index (χ4n) is 7.93. The van der Waals surface area contributed by atoms with Crippen molar-refractivity contribution < 1.29 is 5.11 Å². The maximum atomic E-state index is 10.3. The molecule has 4 aliphatic rings. The summed E-state index contributed by atoms with van der Waals surface area (Å²) in [6.45, 7) is 18.8. The van der Waals surface area contributed by atoms with Crippen LogP contribution in [0.5, 0.6) is 0 Å². The van der Waals surface area contributed by atoms with Crippen molar-refractivity contribution in [3.8, 4) is 0 Å². The van der Waals surface area contributed by atoms with Gasteiger partial charge in [0.1, 0.15) is 0 Å². The molecule has 30 heavy (non-hydrogen) atoms. The van der Waals surface area contributed by atoms with Gasteiger partial charge in [0.15, 0.2) is 0 Å². The van der Waals surface area contributed by atoms with Crippen molar-refractivity contribution in [1.29, 1.82) is 0 Å². The Kier molecular flexibility index (Phi) is 5.93. The van der Waals surface area contributed by atoms with Crippen molar-refractivity contribution in [3.63, 3.8) is 0 Å². The number of hydrogen-bond acceptors (Lipinski definition) is 1. The topological polar surface area (TPSA) is 20.2 Å². The Hall–Kier alpha value is -0.820. The van der Waals surface area contributed by atoms with Gasteiger partial charge >= 0.3 is 0 Å². The van der Waals surface area contributed by atoms with E-state index in [1.165, 1.54) is 38.5 Å². The van der Waals surface area contributed by atoms with E-state index in [0.29, 0.717) is 29.1 Å². The summed E-state index contributed by atoms with van der Waals surface area (Å²) in [5.41, 5.74) is 3.57. The summed E-state index contributed by atoms with van der Waals surface area (Å²) in [6.07, 6.45) is 16.4. The van der Waals surface area contributed by atoms with E-state index < -0.39 is 0 Å². The maximum absolute atomic E-state index is 10.3. The lowest BCUT2D eigenvalue weighted by molar-refractivity contribution is 0.111. The second kappa shape index (κ2) is 7.95. The van der Waals surface area contributed by atoms with Gasteiger partial charge in [0.05, 0.1) is 6.10 Å². The van der Waals surface area contributed by atoms with Gasteiger partial charge in [-0.25, -0.2) is 0 Å². The molecule has 1 nitrogen and oxygen atoms in total. The highest BCUT2D eigenvalue weighted by Crippen LogP contribution is 2.70. The monoisotopic (exact) mass is 410 g/mol. The van der Waals surface area contributed by atoms with E-state index in [1.54, 1.807) is 5.57 Å². The second-order valence-electron chi connectivity index (χ2n) is 12.2. The van der Waals surface area contributed by atoms with Crippen LogP contribution in [0, 0.1) is 52.3 Å². The van der Waals surface area contributed by atoms with E-state index in [2.05, 4.69) is 66.3 Å². The normalized spacial score (nSPS) is 45.1. The molecule has 9 atom stereocenters. The maximum Gasteiger partial charge on any atom is 0.0756 e. The third kappa shape index (κ3) is 3.48. The zero-order valence-electron chi connectivity index (χ0n) is 20.5. The molecule has 4 rings (SSSR count). The molecule has 4 aliphatic carbocycles. The summed E-state index contributed by atoms with van der Waals surface area (Å²) in [4.78, 5) is 0. The number of aliphatic hydroxyl groups excluding tert-OH is 1. The van der Waals surface area contributed by atoms with Gasteiger partial charge in [-0.1, -0.05) is 71.9 Å². The molecule has 0 bridgehead atoms. The molecule has 0 aliphatic heterocycles. The van der Waals surface area contributed by atoms with Gasteiger partial charge in [-0.15, -0.1) is 0 Å². The zero-order chi connectivity index (χ0) is 21.8. The average Bonchev–Trinajstić information content (AvgIpc) is 3.21. The Morgan fingerprint density at radius 1 is 1.10 bits per heavy atom. The molecule has 0 aromatic rings. The molecule has 0 heterocycles. The molecule has 0 spiro atoms. The highest BCUT2D eigenvalue weighted by molar-refractivity contribution is 5.36. The van der Waals surface area contributed by atoms with E-state index in [0.717, 1.165) is 29.7 Å². The summed E-state index contributed by atoms with van der Waals surface area (Å²) in [6, 6.07) is 0. The first-order valence-corrected chi connectivity index (χ1v) is 12.9. The zero-order valence-corrected chi connectivity index (χ0v) is 20.5. The molecule has 0 aromatic carbocycles. The second-order valence-corrected chi connectivity index (χ2v) is 12.2. The van der Waals surface area contributed by atoms with Crippen molar-refractivity contribution in [3.05, 3.63) is 36.0 Å². The summed E-state index contributed by atoms with van der Waals surface area (Å²) in [7, 11) is 0. The number of allylic oxidation sites excluding steroid dienone is 4. The molecule has 4 fully saturated rings. The number of fused-ring (bicyclic) bond motifs is 2. The van der Waals surface area contributed by atoms with Crippen LogP contribution in [-0.4, -0.2) is 11.2 Å². The SMILES string of the molecule is C=C1[C@@H](O)CC2C[C@]12C(C)/C=C1\CCC[C@]2(C)[C@@H]([C@H](C)/C=C/[C@H](C)C(C)C)CC[C@@H]12. The number of aliphatic hydroxyl groups is 1. The molecule has 1 heteroatoms. The van der Waals surface area contributed by atoms with Gasteiger partial charge in [0.25, 0.3) is 0 Å². The third-order valence-electron chi connectivity index (χ3n) is 10.4. The lowest BCUT2D eigenvalue weighted by Gasteiger charge is -2.44. The minimum absolute atomic E-state index is 0.223. The molecule has 2 unspecified atom stereocenters. The van der Waals surface area contributed by atoms with Crippen LogP contribution in [0.2, 0.25) is 0 Å². The van der Waals surface area contributed by atoms with Gasteiger partial charge in [-0.2, -0.15) is 0 Å². The Morgan fingerprint density at radius 3 is 2.47 bits per heavy atom. The molecule has 4 saturated carbocycles. The van der Waals surface area contributed by atoms with Crippen LogP contribution in [0.3, 0.4) is 0 Å². The van der Waals surface area contributed by atoms with E-state index in [1.807, 2.05) is 0 Å². The lowest BCUT2D eigenvalue weighted by Crippen LogP contribution is -2.36. The predicted octanol–water partition coefficient (Wildman–Crippen LogP) is 7.58. The van der Waals surface area contributed by atoms with Crippen LogP contribution in [0.4, 0.5) is 0 Å². The van der Waals surface area contributed by atoms with Crippen molar-refractivity contribution >= 4 is 0 Å². The molecule has 0 aromatic heterocycles. The Balaban J connectivity index is 1.50. The predicted molar refractivity (Wildman–Crippen MR) is 128 cm³/mol. The smallest absolute Gasteiger partial charge is 0.0756 e. The van der Waals surface area contributed by atoms with Crippen LogP contribution in [0.15, 0.2) is 36.0 Å². The minimum atomic E-state index is -0.252. The van der Waals surface area contributed by atoms with Crippen molar-refractivity contribution in [2.75, 3.05) is 0 Å². The standard InChI is InChI=1S/C29H46O/c1-18(2)19(3)10-11-20(4)25-12-13-26-23(9-8-14-28(25,26)7)15-21(5)29-17-24(29)16-27(30)22(29)6/h10-11,15,18-21,24-27,30H,6,8-9,12-14,16-17H2,1-5,7H3/b11-10+,23-15+/t19-,20+,21?,24?,25+,26-,27-,28+,29-/m0/s1. The van der Waals surface area contributed by atoms with Crippen LogP contribution < -0.4 is 0 Å². The fourth-order valence-corrected chi connectivity index (χ4v) is 7.93. The Bertz CT molecular complexity index is 729. The molecule has 168 valence electrons. The van der Waals surface area contributed by atoms with E-state index in [-0.39, 0.29) is 11.5 Å². The summed E-state index contributed by atoms with van der Waals surface area (Å²) < 4.78 is 0. The first-order valence-electron chi connectivity index (χ1n) is 12.9. The molecule has 0 radical (unpaired) electrons. The first-order chi connectivity index (χ1) is 14.1. The van der Waals surface area contributed by atoms with Crippen molar-refractivity contribution in [2.24, 2.45) is 52.3 Å². The van der Waals surface area contributed by atoms with Crippen LogP contribution in [0.1, 0.15) is 86.5 Å². The third-order valence-corrected chi connectivity index (χ3v) is 10.4. The fraction of sp³-hybridized carbons (Fsp3) is 0.793. The van der Waals surface area contributed by atoms with E-state index in [4.69, 9.17) is 0 Å². The molecular formula is C29H46O. The van der Waals surface area contributed by atoms with Crippen LogP contribution in [0.25, 0.3) is 0 Å². The molecule has 0 saturated heterocycles. The van der Waals surface area contributed by atoms with E-state index in [9.17, 15) is 5.11 Å².